The van der Waals surface area contributed by atoms with Crippen LogP contribution in [0, 0.1) is 0 Å². The zero-order valence-electron chi connectivity index (χ0n) is 9.74. The van der Waals surface area contributed by atoms with Crippen LogP contribution < -0.4 is 11.2 Å². The molecular formula is C10H17N3O2S. The van der Waals surface area contributed by atoms with Crippen molar-refractivity contribution in [2.45, 2.75) is 32.7 Å². The topological polar surface area (TPSA) is 77.2 Å². The Morgan fingerprint density at radius 3 is 2.81 bits per heavy atom. The molecule has 0 atom stereocenters. The number of hydroxylamine groups is 1. The Balaban J connectivity index is 2.38. The Kier molecular flexibility index (Phi) is 4.40. The van der Waals surface area contributed by atoms with Crippen LogP contribution in [0.4, 0.5) is 0 Å². The zero-order valence-corrected chi connectivity index (χ0v) is 10.6. The molecule has 0 unspecified atom stereocenters. The van der Waals surface area contributed by atoms with Crippen molar-refractivity contribution < 1.29 is 9.63 Å². The molecule has 1 heterocycles. The van der Waals surface area contributed by atoms with Gasteiger partial charge in [-0.2, -0.15) is 5.48 Å². The molecule has 5 nitrogen and oxygen atoms in total. The SMILES string of the molecule is CC(C)(C)c1nc(CNOCC(N)=O)cs1. The van der Waals surface area contributed by atoms with E-state index in [-0.39, 0.29) is 12.0 Å². The third-order valence-electron chi connectivity index (χ3n) is 1.76. The Morgan fingerprint density at radius 1 is 1.62 bits per heavy atom. The highest BCUT2D eigenvalue weighted by Crippen LogP contribution is 2.25. The summed E-state index contributed by atoms with van der Waals surface area (Å²) < 4.78 is 0. The molecule has 0 aliphatic carbocycles. The summed E-state index contributed by atoms with van der Waals surface area (Å²) in [6.07, 6.45) is 0. The van der Waals surface area contributed by atoms with Gasteiger partial charge in [0.15, 0.2) is 0 Å². The van der Waals surface area contributed by atoms with Gasteiger partial charge in [-0.3, -0.25) is 9.63 Å². The summed E-state index contributed by atoms with van der Waals surface area (Å²) >= 11 is 1.62. The zero-order chi connectivity index (χ0) is 12.2. The molecule has 0 saturated carbocycles. The maximum absolute atomic E-state index is 10.4. The number of carbonyl (C=O) groups is 1. The van der Waals surface area contributed by atoms with Crippen LogP contribution in [0.3, 0.4) is 0 Å². The number of amides is 1. The molecule has 3 N–H and O–H groups in total. The molecule has 1 amide bonds. The molecule has 6 heteroatoms. The number of hydrogen-bond acceptors (Lipinski definition) is 5. The third-order valence-corrected chi connectivity index (χ3v) is 3.08. The molecule has 0 aromatic carbocycles. The van der Waals surface area contributed by atoms with E-state index in [0.29, 0.717) is 6.54 Å². The summed E-state index contributed by atoms with van der Waals surface area (Å²) in [4.78, 5) is 19.7. The van der Waals surface area contributed by atoms with E-state index >= 15 is 0 Å². The van der Waals surface area contributed by atoms with E-state index in [1.807, 2.05) is 5.38 Å². The van der Waals surface area contributed by atoms with E-state index in [9.17, 15) is 4.79 Å². The van der Waals surface area contributed by atoms with Crippen LogP contribution in [0.5, 0.6) is 0 Å². The minimum atomic E-state index is -0.499. The fourth-order valence-electron chi connectivity index (χ4n) is 0.980. The first-order valence-electron chi connectivity index (χ1n) is 4.97. The van der Waals surface area contributed by atoms with Gasteiger partial charge in [0.05, 0.1) is 17.2 Å². The maximum atomic E-state index is 10.4. The maximum Gasteiger partial charge on any atom is 0.245 e. The van der Waals surface area contributed by atoms with Gasteiger partial charge >= 0.3 is 0 Å². The molecule has 16 heavy (non-hydrogen) atoms. The summed E-state index contributed by atoms with van der Waals surface area (Å²) in [5.41, 5.74) is 8.53. The number of primary amides is 1. The largest absolute Gasteiger partial charge is 0.368 e. The van der Waals surface area contributed by atoms with E-state index in [1.165, 1.54) is 0 Å². The van der Waals surface area contributed by atoms with E-state index in [4.69, 9.17) is 10.6 Å². The average molecular weight is 243 g/mol. The highest BCUT2D eigenvalue weighted by molar-refractivity contribution is 7.09. The third kappa shape index (κ3) is 4.26. The molecule has 1 aromatic rings. The molecule has 0 aliphatic heterocycles. The quantitative estimate of drug-likeness (QED) is 0.596. The minimum absolute atomic E-state index is 0.0665. The van der Waals surface area contributed by atoms with Gasteiger partial charge in [-0.15, -0.1) is 11.3 Å². The predicted molar refractivity (Wildman–Crippen MR) is 62.8 cm³/mol. The molecular weight excluding hydrogens is 226 g/mol. The van der Waals surface area contributed by atoms with Crippen molar-refractivity contribution in [3.63, 3.8) is 0 Å². The lowest BCUT2D eigenvalue weighted by Gasteiger charge is -2.13. The first kappa shape index (κ1) is 13.1. The number of rotatable bonds is 5. The van der Waals surface area contributed by atoms with Crippen molar-refractivity contribution in [1.82, 2.24) is 10.5 Å². The van der Waals surface area contributed by atoms with Gasteiger partial charge in [-0.1, -0.05) is 20.8 Å². The van der Waals surface area contributed by atoms with Gasteiger partial charge in [0.1, 0.15) is 6.61 Å². The molecule has 0 fully saturated rings. The average Bonchev–Trinajstić information content (AvgIpc) is 2.59. The molecule has 0 aliphatic rings. The Labute approximate surface area is 99.0 Å². The smallest absolute Gasteiger partial charge is 0.245 e. The Hall–Kier alpha value is -0.980. The lowest BCUT2D eigenvalue weighted by atomic mass is 9.98. The number of nitrogens with two attached hydrogens (primary N) is 1. The number of thiazole rings is 1. The van der Waals surface area contributed by atoms with Crippen LogP contribution in [0.2, 0.25) is 0 Å². The number of nitrogens with zero attached hydrogens (tertiary/aromatic N) is 1. The Morgan fingerprint density at radius 2 is 2.31 bits per heavy atom. The number of nitrogens with one attached hydrogen (secondary N) is 1. The van der Waals surface area contributed by atoms with Crippen molar-refractivity contribution in [1.29, 1.82) is 0 Å². The second-order valence-corrected chi connectivity index (χ2v) is 5.33. The second kappa shape index (κ2) is 5.38. The fraction of sp³-hybridized carbons (Fsp3) is 0.600. The fourth-order valence-corrected chi connectivity index (χ4v) is 1.89. The van der Waals surface area contributed by atoms with Gasteiger partial charge in [-0.25, -0.2) is 4.98 Å². The van der Waals surface area contributed by atoms with Crippen LogP contribution in [-0.4, -0.2) is 17.5 Å². The molecule has 90 valence electrons. The molecule has 0 spiro atoms. The normalized spacial score (nSPS) is 11.7. The highest BCUT2D eigenvalue weighted by Gasteiger charge is 2.17. The Bertz CT molecular complexity index is 357. The van der Waals surface area contributed by atoms with Gasteiger partial charge in [-0.05, 0) is 0 Å². The van der Waals surface area contributed by atoms with Crippen LogP contribution in [-0.2, 0) is 21.6 Å². The highest BCUT2D eigenvalue weighted by atomic mass is 32.1. The summed E-state index contributed by atoms with van der Waals surface area (Å²) in [6.45, 7) is 6.70. The summed E-state index contributed by atoms with van der Waals surface area (Å²) in [5, 5.41) is 3.06. The van der Waals surface area contributed by atoms with E-state index in [1.54, 1.807) is 11.3 Å². The first-order valence-corrected chi connectivity index (χ1v) is 5.85. The first-order chi connectivity index (χ1) is 7.39. The molecule has 0 saturated heterocycles. The number of aromatic nitrogens is 1. The molecule has 1 aromatic heterocycles. The van der Waals surface area contributed by atoms with Gasteiger partial charge in [0.25, 0.3) is 0 Å². The van der Waals surface area contributed by atoms with Gasteiger partial charge in [0, 0.05) is 10.8 Å². The van der Waals surface area contributed by atoms with E-state index < -0.39 is 5.91 Å². The molecule has 0 bridgehead atoms. The molecule has 0 radical (unpaired) electrons. The van der Waals surface area contributed by atoms with Crippen LogP contribution >= 0.6 is 11.3 Å². The standard InChI is InChI=1S/C10H17N3O2S/c1-10(2,3)9-13-7(6-16-9)4-12-15-5-8(11)14/h6,12H,4-5H2,1-3H3,(H2,11,14). The van der Waals surface area contributed by atoms with Crippen LogP contribution in [0.1, 0.15) is 31.5 Å². The summed E-state index contributed by atoms with van der Waals surface area (Å²) in [6, 6.07) is 0. The van der Waals surface area contributed by atoms with Crippen LogP contribution in [0.25, 0.3) is 0 Å². The van der Waals surface area contributed by atoms with Gasteiger partial charge < -0.3 is 5.73 Å². The summed E-state index contributed by atoms with van der Waals surface area (Å²) in [7, 11) is 0. The van der Waals surface area contributed by atoms with Crippen molar-refractivity contribution in [3.05, 3.63) is 16.1 Å². The van der Waals surface area contributed by atoms with Crippen molar-refractivity contribution in [3.8, 4) is 0 Å². The number of carbonyl (C=O) groups excluding carboxylic acids is 1. The van der Waals surface area contributed by atoms with Crippen molar-refractivity contribution >= 4 is 17.2 Å². The lowest BCUT2D eigenvalue weighted by molar-refractivity contribution is -0.125. The van der Waals surface area contributed by atoms with Gasteiger partial charge in [0.2, 0.25) is 5.91 Å². The van der Waals surface area contributed by atoms with E-state index in [2.05, 4.69) is 31.2 Å². The van der Waals surface area contributed by atoms with Crippen LogP contribution in [0.15, 0.2) is 5.38 Å². The van der Waals surface area contributed by atoms with Crippen molar-refractivity contribution in [2.75, 3.05) is 6.61 Å². The van der Waals surface area contributed by atoms with Crippen molar-refractivity contribution in [2.24, 2.45) is 5.73 Å². The monoisotopic (exact) mass is 243 g/mol. The lowest BCUT2D eigenvalue weighted by Crippen LogP contribution is -2.24. The minimum Gasteiger partial charge on any atom is -0.368 e. The second-order valence-electron chi connectivity index (χ2n) is 4.47. The summed E-state index contributed by atoms with van der Waals surface area (Å²) in [5.74, 6) is -0.499. The number of hydrogen-bond donors (Lipinski definition) is 2. The molecule has 1 rings (SSSR count). The predicted octanol–water partition coefficient (Wildman–Crippen LogP) is 0.947. The van der Waals surface area contributed by atoms with E-state index in [0.717, 1.165) is 10.7 Å².